The van der Waals surface area contributed by atoms with Gasteiger partial charge in [0, 0.05) is 10.6 Å². The summed E-state index contributed by atoms with van der Waals surface area (Å²) in [5.74, 6) is -0.125. The topological polar surface area (TPSA) is 73.9 Å². The Hall–Kier alpha value is -3.45. The third-order valence-corrected chi connectivity index (χ3v) is 5.05. The second-order valence-electron chi connectivity index (χ2n) is 6.50. The van der Waals surface area contributed by atoms with Crippen LogP contribution in [0.5, 0.6) is 11.5 Å². The first-order valence-corrected chi connectivity index (χ1v) is 10.8. The SMILES string of the molecule is COc1cc(C(=O)OCC(=O)Nc2cccc(SC)c2)ccc1OCc1ccccc1. The van der Waals surface area contributed by atoms with E-state index in [9.17, 15) is 9.59 Å². The standard InChI is InChI=1S/C24H23NO5S/c1-28-22-13-18(11-12-21(22)29-15-17-7-4-3-5-8-17)24(27)30-16-23(26)25-19-9-6-10-20(14-19)31-2/h3-14H,15-16H2,1-2H3,(H,25,26). The minimum absolute atomic E-state index is 0.265. The van der Waals surface area contributed by atoms with Crippen molar-refractivity contribution >= 4 is 29.3 Å². The van der Waals surface area contributed by atoms with Crippen molar-refractivity contribution in [2.45, 2.75) is 11.5 Å². The number of thioether (sulfide) groups is 1. The number of benzene rings is 3. The fraction of sp³-hybridized carbons (Fsp3) is 0.167. The summed E-state index contributed by atoms with van der Waals surface area (Å²) >= 11 is 1.57. The Morgan fingerprint density at radius 3 is 2.48 bits per heavy atom. The molecule has 31 heavy (non-hydrogen) atoms. The molecule has 1 N–H and O–H groups in total. The molecule has 0 bridgehead atoms. The maximum absolute atomic E-state index is 12.4. The van der Waals surface area contributed by atoms with Crippen LogP contribution in [0.15, 0.2) is 77.7 Å². The molecule has 3 aromatic carbocycles. The molecule has 1 amide bonds. The fourth-order valence-corrected chi connectivity index (χ4v) is 3.22. The number of amides is 1. The molecule has 0 aliphatic carbocycles. The van der Waals surface area contributed by atoms with E-state index in [1.54, 1.807) is 30.0 Å². The molecule has 0 saturated heterocycles. The fourth-order valence-electron chi connectivity index (χ4n) is 2.76. The zero-order chi connectivity index (χ0) is 22.1. The van der Waals surface area contributed by atoms with Crippen molar-refractivity contribution in [1.82, 2.24) is 0 Å². The third kappa shape index (κ3) is 6.52. The lowest BCUT2D eigenvalue weighted by Crippen LogP contribution is -2.21. The van der Waals surface area contributed by atoms with Gasteiger partial charge >= 0.3 is 5.97 Å². The van der Waals surface area contributed by atoms with Crippen molar-refractivity contribution in [2.24, 2.45) is 0 Å². The van der Waals surface area contributed by atoms with Crippen LogP contribution in [0.3, 0.4) is 0 Å². The smallest absolute Gasteiger partial charge is 0.338 e. The lowest BCUT2D eigenvalue weighted by molar-refractivity contribution is -0.119. The van der Waals surface area contributed by atoms with Gasteiger partial charge in [0.05, 0.1) is 12.7 Å². The quantitative estimate of drug-likeness (QED) is 0.383. The van der Waals surface area contributed by atoms with Crippen LogP contribution in [-0.4, -0.2) is 31.8 Å². The highest BCUT2D eigenvalue weighted by molar-refractivity contribution is 7.98. The van der Waals surface area contributed by atoms with Gasteiger partial charge in [-0.3, -0.25) is 4.79 Å². The minimum atomic E-state index is -0.624. The number of esters is 1. The van der Waals surface area contributed by atoms with Crippen LogP contribution in [-0.2, 0) is 16.1 Å². The van der Waals surface area contributed by atoms with Gasteiger partial charge in [0.15, 0.2) is 18.1 Å². The molecule has 0 aromatic heterocycles. The number of hydrogen-bond acceptors (Lipinski definition) is 6. The molecule has 0 radical (unpaired) electrons. The Labute approximate surface area is 185 Å². The maximum Gasteiger partial charge on any atom is 0.338 e. The Bertz CT molecular complexity index is 1040. The number of hydrogen-bond donors (Lipinski definition) is 1. The number of carbonyl (C=O) groups is 2. The largest absolute Gasteiger partial charge is 0.493 e. The van der Waals surface area contributed by atoms with Gasteiger partial charge in [-0.15, -0.1) is 11.8 Å². The van der Waals surface area contributed by atoms with Gasteiger partial charge < -0.3 is 19.5 Å². The molecule has 0 spiro atoms. The summed E-state index contributed by atoms with van der Waals surface area (Å²) in [4.78, 5) is 25.5. The van der Waals surface area contributed by atoms with E-state index in [2.05, 4.69) is 5.32 Å². The van der Waals surface area contributed by atoms with E-state index in [0.29, 0.717) is 23.8 Å². The molecule has 0 aliphatic heterocycles. The Balaban J connectivity index is 1.56. The summed E-state index contributed by atoms with van der Waals surface area (Å²) in [7, 11) is 1.50. The van der Waals surface area contributed by atoms with Crippen molar-refractivity contribution in [3.8, 4) is 11.5 Å². The monoisotopic (exact) mass is 437 g/mol. The molecule has 7 heteroatoms. The highest BCUT2D eigenvalue weighted by atomic mass is 32.2. The van der Waals surface area contributed by atoms with Crippen molar-refractivity contribution in [1.29, 1.82) is 0 Å². The van der Waals surface area contributed by atoms with E-state index >= 15 is 0 Å². The van der Waals surface area contributed by atoms with Crippen LogP contribution in [0, 0.1) is 0 Å². The lowest BCUT2D eigenvalue weighted by atomic mass is 10.2. The third-order valence-electron chi connectivity index (χ3n) is 4.32. The van der Waals surface area contributed by atoms with Gasteiger partial charge in [0.25, 0.3) is 5.91 Å². The second kappa shape index (κ2) is 11.1. The van der Waals surface area contributed by atoms with Crippen LogP contribution in [0.1, 0.15) is 15.9 Å². The maximum atomic E-state index is 12.4. The van der Waals surface area contributed by atoms with Gasteiger partial charge in [-0.05, 0) is 48.2 Å². The van der Waals surface area contributed by atoms with Gasteiger partial charge in [-0.25, -0.2) is 4.79 Å². The number of nitrogens with one attached hydrogen (secondary N) is 1. The molecule has 6 nitrogen and oxygen atoms in total. The van der Waals surface area contributed by atoms with Gasteiger partial charge in [-0.2, -0.15) is 0 Å². The second-order valence-corrected chi connectivity index (χ2v) is 7.38. The Morgan fingerprint density at radius 1 is 0.935 bits per heavy atom. The van der Waals surface area contributed by atoms with Gasteiger partial charge in [-0.1, -0.05) is 36.4 Å². The van der Waals surface area contributed by atoms with Crippen LogP contribution in [0.25, 0.3) is 0 Å². The Kier molecular flexibility index (Phi) is 7.95. The predicted molar refractivity (Wildman–Crippen MR) is 121 cm³/mol. The van der Waals surface area contributed by atoms with Crippen LogP contribution >= 0.6 is 11.8 Å². The van der Waals surface area contributed by atoms with Crippen molar-refractivity contribution in [2.75, 3.05) is 25.3 Å². The number of carbonyl (C=O) groups excluding carboxylic acids is 2. The summed E-state index contributed by atoms with van der Waals surface area (Å²) in [6.07, 6.45) is 1.95. The lowest BCUT2D eigenvalue weighted by Gasteiger charge is -2.12. The molecule has 0 atom stereocenters. The minimum Gasteiger partial charge on any atom is -0.493 e. The molecule has 3 aromatic rings. The molecular formula is C24H23NO5S. The summed E-state index contributed by atoms with van der Waals surface area (Å²) < 4.78 is 16.3. The van der Waals surface area contributed by atoms with E-state index in [1.165, 1.54) is 13.2 Å². The summed E-state index contributed by atoms with van der Waals surface area (Å²) in [6, 6.07) is 21.9. The van der Waals surface area contributed by atoms with Crippen molar-refractivity contribution in [3.63, 3.8) is 0 Å². The van der Waals surface area contributed by atoms with Gasteiger partial charge in [0.1, 0.15) is 6.61 Å². The van der Waals surface area contributed by atoms with Gasteiger partial charge in [0.2, 0.25) is 0 Å². The molecule has 0 heterocycles. The predicted octanol–water partition coefficient (Wildman–Crippen LogP) is 4.79. The average molecular weight is 438 g/mol. The molecule has 3 rings (SSSR count). The van der Waals surface area contributed by atoms with E-state index < -0.39 is 18.5 Å². The number of anilines is 1. The van der Waals surface area contributed by atoms with Crippen LogP contribution in [0.2, 0.25) is 0 Å². The molecule has 0 aliphatic rings. The number of rotatable bonds is 9. The molecule has 0 unspecified atom stereocenters. The highest BCUT2D eigenvalue weighted by Gasteiger charge is 2.14. The zero-order valence-electron chi connectivity index (χ0n) is 17.3. The normalized spacial score (nSPS) is 10.3. The number of ether oxygens (including phenoxy) is 3. The summed E-state index contributed by atoms with van der Waals surface area (Å²) in [5.41, 5.74) is 1.93. The first kappa shape index (κ1) is 22.2. The van der Waals surface area contributed by atoms with Crippen LogP contribution in [0.4, 0.5) is 5.69 Å². The Morgan fingerprint density at radius 2 is 1.74 bits per heavy atom. The highest BCUT2D eigenvalue weighted by Crippen LogP contribution is 2.29. The molecule has 0 saturated carbocycles. The first-order chi connectivity index (χ1) is 15.1. The molecule has 160 valence electrons. The van der Waals surface area contributed by atoms with Crippen molar-refractivity contribution < 1.29 is 23.8 Å². The van der Waals surface area contributed by atoms with E-state index in [1.807, 2.05) is 54.8 Å². The van der Waals surface area contributed by atoms with E-state index in [0.717, 1.165) is 10.5 Å². The molecular weight excluding hydrogens is 414 g/mol. The molecule has 0 fully saturated rings. The van der Waals surface area contributed by atoms with Crippen molar-refractivity contribution in [3.05, 3.63) is 83.9 Å². The first-order valence-electron chi connectivity index (χ1n) is 9.55. The zero-order valence-corrected chi connectivity index (χ0v) is 18.1. The number of methoxy groups -OCH3 is 1. The average Bonchev–Trinajstić information content (AvgIpc) is 2.81. The van der Waals surface area contributed by atoms with E-state index in [-0.39, 0.29) is 5.56 Å². The van der Waals surface area contributed by atoms with E-state index in [4.69, 9.17) is 14.2 Å². The summed E-state index contributed by atoms with van der Waals surface area (Å²) in [5, 5.41) is 2.71. The van der Waals surface area contributed by atoms with Crippen LogP contribution < -0.4 is 14.8 Å². The summed E-state index contributed by atoms with van der Waals surface area (Å²) in [6.45, 7) is -0.0181.